The van der Waals surface area contributed by atoms with Crippen LogP contribution in [0.15, 0.2) is 36.4 Å². The van der Waals surface area contributed by atoms with Gasteiger partial charge in [-0.1, -0.05) is 12.1 Å². The summed E-state index contributed by atoms with van der Waals surface area (Å²) in [7, 11) is 1.50. The van der Waals surface area contributed by atoms with E-state index >= 15 is 0 Å². The summed E-state index contributed by atoms with van der Waals surface area (Å²) in [5.74, 6) is -3.25. The molecular formula is C22H25ClF3N3O3. The van der Waals surface area contributed by atoms with E-state index in [1.165, 1.54) is 7.11 Å². The molecule has 0 radical (unpaired) electrons. The van der Waals surface area contributed by atoms with Gasteiger partial charge in [0.25, 0.3) is 5.91 Å². The second-order valence-electron chi connectivity index (χ2n) is 7.40. The maximum atomic E-state index is 13.8. The smallest absolute Gasteiger partial charge is 0.257 e. The first-order valence-corrected chi connectivity index (χ1v) is 9.89. The van der Waals surface area contributed by atoms with Gasteiger partial charge in [-0.05, 0) is 30.2 Å². The van der Waals surface area contributed by atoms with Gasteiger partial charge in [-0.3, -0.25) is 9.59 Å². The fraction of sp³-hybridized carbons (Fsp3) is 0.364. The Balaban J connectivity index is 0.00000363. The summed E-state index contributed by atoms with van der Waals surface area (Å²) in [4.78, 5) is 28.5. The van der Waals surface area contributed by atoms with Gasteiger partial charge in [0.05, 0.1) is 12.7 Å². The van der Waals surface area contributed by atoms with Gasteiger partial charge in [-0.25, -0.2) is 13.2 Å². The van der Waals surface area contributed by atoms with E-state index in [1.807, 2.05) is 0 Å². The van der Waals surface area contributed by atoms with Crippen LogP contribution in [0.1, 0.15) is 22.3 Å². The third-order valence-corrected chi connectivity index (χ3v) is 5.27. The normalized spacial score (nSPS) is 14.5. The molecule has 1 aliphatic rings. The average Bonchev–Trinajstić information content (AvgIpc) is 2.77. The molecule has 174 valence electrons. The lowest BCUT2D eigenvalue weighted by molar-refractivity contribution is -0.133. The van der Waals surface area contributed by atoms with Crippen LogP contribution >= 0.6 is 12.4 Å². The first kappa shape index (κ1) is 25.5. The van der Waals surface area contributed by atoms with Gasteiger partial charge in [0, 0.05) is 44.7 Å². The predicted octanol–water partition coefficient (Wildman–Crippen LogP) is 2.78. The lowest BCUT2D eigenvalue weighted by Crippen LogP contribution is -2.51. The van der Waals surface area contributed by atoms with E-state index in [-0.39, 0.29) is 42.6 Å². The first-order chi connectivity index (χ1) is 14.8. The van der Waals surface area contributed by atoms with E-state index in [4.69, 9.17) is 10.5 Å². The van der Waals surface area contributed by atoms with Gasteiger partial charge in [-0.15, -0.1) is 12.4 Å². The maximum absolute atomic E-state index is 13.8. The van der Waals surface area contributed by atoms with Crippen LogP contribution in [0.25, 0.3) is 0 Å². The highest BCUT2D eigenvalue weighted by Gasteiger charge is 2.27. The molecule has 2 aromatic carbocycles. The molecule has 0 saturated carbocycles. The summed E-state index contributed by atoms with van der Waals surface area (Å²) in [6, 6.07) is 7.42. The number of ether oxygens (including phenoxy) is 1. The van der Waals surface area contributed by atoms with Crippen LogP contribution in [0.2, 0.25) is 0 Å². The van der Waals surface area contributed by atoms with Crippen molar-refractivity contribution in [1.82, 2.24) is 9.80 Å². The molecule has 0 aromatic heterocycles. The van der Waals surface area contributed by atoms with E-state index in [9.17, 15) is 22.8 Å². The topological polar surface area (TPSA) is 75.9 Å². The van der Waals surface area contributed by atoms with E-state index in [2.05, 4.69) is 0 Å². The number of methoxy groups -OCH3 is 1. The van der Waals surface area contributed by atoms with Gasteiger partial charge in [0.15, 0.2) is 11.6 Å². The van der Waals surface area contributed by atoms with E-state index < -0.39 is 23.5 Å². The highest BCUT2D eigenvalue weighted by Crippen LogP contribution is 2.21. The molecule has 1 aliphatic heterocycles. The number of nitrogens with two attached hydrogens (primary N) is 1. The van der Waals surface area contributed by atoms with Crippen molar-refractivity contribution < 1.29 is 27.5 Å². The van der Waals surface area contributed by atoms with Crippen molar-refractivity contribution in [2.45, 2.75) is 18.9 Å². The Labute approximate surface area is 190 Å². The second-order valence-corrected chi connectivity index (χ2v) is 7.40. The Morgan fingerprint density at radius 3 is 2.25 bits per heavy atom. The van der Waals surface area contributed by atoms with Crippen molar-refractivity contribution in [3.05, 3.63) is 65.0 Å². The van der Waals surface area contributed by atoms with Crippen LogP contribution in [-0.4, -0.2) is 60.9 Å². The summed E-state index contributed by atoms with van der Waals surface area (Å²) in [6.07, 6.45) is -0.167. The molecule has 32 heavy (non-hydrogen) atoms. The zero-order chi connectivity index (χ0) is 22.5. The molecular weight excluding hydrogens is 447 g/mol. The van der Waals surface area contributed by atoms with Gasteiger partial charge < -0.3 is 20.3 Å². The minimum Gasteiger partial charge on any atom is -0.496 e. The van der Waals surface area contributed by atoms with Crippen molar-refractivity contribution in [3.8, 4) is 5.75 Å². The van der Waals surface area contributed by atoms with E-state index in [0.29, 0.717) is 43.6 Å². The van der Waals surface area contributed by atoms with Crippen LogP contribution in [0, 0.1) is 17.5 Å². The number of nitrogens with zero attached hydrogens (tertiary/aromatic N) is 2. The number of hydrogen-bond acceptors (Lipinski definition) is 4. The van der Waals surface area contributed by atoms with Crippen LogP contribution < -0.4 is 10.5 Å². The number of amides is 2. The summed E-state index contributed by atoms with van der Waals surface area (Å²) < 4.78 is 45.4. The Morgan fingerprint density at radius 1 is 1.00 bits per heavy atom. The molecule has 0 aliphatic carbocycles. The minimum atomic E-state index is -1.27. The third-order valence-electron chi connectivity index (χ3n) is 5.27. The van der Waals surface area contributed by atoms with Crippen molar-refractivity contribution in [3.63, 3.8) is 0 Å². The number of halogens is 4. The SMILES string of the molecule is COc1ccccc1C(=O)N1CCN(C(=O)C[C@H](N)Cc2cc(F)c(F)cc2F)CC1.Cl. The number of piperazine rings is 1. The average molecular weight is 472 g/mol. The summed E-state index contributed by atoms with van der Waals surface area (Å²) in [6.45, 7) is 1.39. The summed E-state index contributed by atoms with van der Waals surface area (Å²) in [5, 5.41) is 0. The summed E-state index contributed by atoms with van der Waals surface area (Å²) >= 11 is 0. The number of rotatable bonds is 6. The molecule has 0 bridgehead atoms. The number of carbonyl (C=O) groups is 2. The largest absolute Gasteiger partial charge is 0.496 e. The van der Waals surface area contributed by atoms with Crippen LogP contribution in [0.3, 0.4) is 0 Å². The fourth-order valence-electron chi connectivity index (χ4n) is 3.58. The van der Waals surface area contributed by atoms with Crippen molar-refractivity contribution in [2.24, 2.45) is 5.73 Å². The number of benzene rings is 2. The number of carbonyl (C=O) groups excluding carboxylic acids is 2. The van der Waals surface area contributed by atoms with Gasteiger partial charge >= 0.3 is 0 Å². The minimum absolute atomic E-state index is 0. The second kappa shape index (κ2) is 11.2. The monoisotopic (exact) mass is 471 g/mol. The Morgan fingerprint density at radius 2 is 1.59 bits per heavy atom. The molecule has 1 saturated heterocycles. The Bertz CT molecular complexity index is 969. The van der Waals surface area contributed by atoms with Gasteiger partial charge in [0.1, 0.15) is 11.6 Å². The quantitative estimate of drug-likeness (QED) is 0.657. The zero-order valence-corrected chi connectivity index (χ0v) is 18.3. The van der Waals surface area contributed by atoms with Crippen molar-refractivity contribution >= 4 is 24.2 Å². The van der Waals surface area contributed by atoms with E-state index in [1.54, 1.807) is 34.1 Å². The van der Waals surface area contributed by atoms with Crippen LogP contribution in [0.5, 0.6) is 5.75 Å². The molecule has 2 amide bonds. The number of hydrogen-bond donors (Lipinski definition) is 1. The Kier molecular flexibility index (Phi) is 8.91. The molecule has 2 aromatic rings. The van der Waals surface area contributed by atoms with Gasteiger partial charge in [0.2, 0.25) is 5.91 Å². The highest BCUT2D eigenvalue weighted by molar-refractivity contribution is 5.97. The standard InChI is InChI=1S/C22H24F3N3O3.ClH/c1-31-20-5-3-2-4-16(20)22(30)28-8-6-27(7-9-28)21(29)12-15(26)10-14-11-18(24)19(25)13-17(14)23;/h2-5,11,13,15H,6-10,12,26H2,1H3;1H/t15-;/m1./s1. The van der Waals surface area contributed by atoms with E-state index in [0.717, 1.165) is 6.07 Å². The molecule has 1 fully saturated rings. The third kappa shape index (κ3) is 5.92. The lowest BCUT2D eigenvalue weighted by atomic mass is 10.0. The lowest BCUT2D eigenvalue weighted by Gasteiger charge is -2.35. The fourth-order valence-corrected chi connectivity index (χ4v) is 3.58. The van der Waals surface area contributed by atoms with Crippen LogP contribution in [0.4, 0.5) is 13.2 Å². The van der Waals surface area contributed by atoms with Crippen molar-refractivity contribution in [2.75, 3.05) is 33.3 Å². The molecule has 3 rings (SSSR count). The zero-order valence-electron chi connectivity index (χ0n) is 17.5. The number of para-hydroxylation sites is 1. The molecule has 0 unspecified atom stereocenters. The van der Waals surface area contributed by atoms with Gasteiger partial charge in [-0.2, -0.15) is 0 Å². The molecule has 1 heterocycles. The Hall–Kier alpha value is -2.78. The highest BCUT2D eigenvalue weighted by atomic mass is 35.5. The molecule has 2 N–H and O–H groups in total. The molecule has 1 atom stereocenters. The predicted molar refractivity (Wildman–Crippen MR) is 115 cm³/mol. The summed E-state index contributed by atoms with van der Waals surface area (Å²) in [5.41, 5.74) is 6.33. The molecule has 10 heteroatoms. The van der Waals surface area contributed by atoms with Crippen LogP contribution in [-0.2, 0) is 11.2 Å². The maximum Gasteiger partial charge on any atom is 0.257 e. The molecule has 6 nitrogen and oxygen atoms in total. The first-order valence-electron chi connectivity index (χ1n) is 9.89. The molecule has 0 spiro atoms. The van der Waals surface area contributed by atoms with Crippen molar-refractivity contribution in [1.29, 1.82) is 0 Å².